The van der Waals surface area contributed by atoms with Gasteiger partial charge in [-0.2, -0.15) is 4.98 Å². The zero-order chi connectivity index (χ0) is 20.9. The number of nitrogens with zero attached hydrogens (tertiary/aromatic N) is 3. The minimum Gasteiger partial charge on any atom is -0.496 e. The van der Waals surface area contributed by atoms with Crippen LogP contribution in [0, 0.1) is 0 Å². The number of ether oxygens (including phenoxy) is 2. The Bertz CT molecular complexity index is 1000. The first-order valence-corrected chi connectivity index (χ1v) is 9.97. The number of methoxy groups -OCH3 is 1. The molecule has 3 aromatic rings. The summed E-state index contributed by atoms with van der Waals surface area (Å²) in [5.74, 6) is 2.31. The number of para-hydroxylation sites is 1. The Hall–Kier alpha value is -3.55. The fourth-order valence-corrected chi connectivity index (χ4v) is 3.57. The lowest BCUT2D eigenvalue weighted by Gasteiger charge is -2.22. The highest BCUT2D eigenvalue weighted by Gasteiger charge is 2.34. The first-order chi connectivity index (χ1) is 14.7. The second-order valence-electron chi connectivity index (χ2n) is 6.90. The van der Waals surface area contributed by atoms with Crippen LogP contribution in [0.4, 0.5) is 10.5 Å². The van der Waals surface area contributed by atoms with E-state index in [1.165, 1.54) is 0 Å². The van der Waals surface area contributed by atoms with Crippen LogP contribution in [0.1, 0.15) is 31.7 Å². The third-order valence-electron chi connectivity index (χ3n) is 5.00. The van der Waals surface area contributed by atoms with Gasteiger partial charge in [0.1, 0.15) is 17.5 Å². The number of aromatic nitrogens is 2. The van der Waals surface area contributed by atoms with E-state index >= 15 is 0 Å². The van der Waals surface area contributed by atoms with E-state index in [9.17, 15) is 4.79 Å². The van der Waals surface area contributed by atoms with Crippen LogP contribution < -0.4 is 14.8 Å². The van der Waals surface area contributed by atoms with E-state index in [0.717, 1.165) is 24.2 Å². The lowest BCUT2D eigenvalue weighted by Crippen LogP contribution is -2.34. The van der Waals surface area contributed by atoms with Gasteiger partial charge in [-0.05, 0) is 56.2 Å². The van der Waals surface area contributed by atoms with Crippen molar-refractivity contribution in [2.24, 2.45) is 0 Å². The molecule has 1 aromatic heterocycles. The highest BCUT2D eigenvalue weighted by atomic mass is 16.5. The largest absolute Gasteiger partial charge is 0.496 e. The summed E-state index contributed by atoms with van der Waals surface area (Å²) in [6, 6.07) is 14.3. The molecule has 1 fully saturated rings. The maximum Gasteiger partial charge on any atom is 0.322 e. The number of amides is 2. The van der Waals surface area contributed by atoms with E-state index < -0.39 is 0 Å². The summed E-state index contributed by atoms with van der Waals surface area (Å²) in [5, 5.41) is 7.04. The SMILES string of the molecule is CCOc1ccc(NC(=O)N2CCC[C@H]2c2nc(-c3ccccc3OC)no2)cc1. The molecule has 2 heterocycles. The maximum absolute atomic E-state index is 12.9. The van der Waals surface area contributed by atoms with Crippen molar-refractivity contribution in [2.45, 2.75) is 25.8 Å². The van der Waals surface area contributed by atoms with Crippen LogP contribution in [0.5, 0.6) is 11.5 Å². The number of nitrogens with one attached hydrogen (secondary N) is 1. The molecule has 30 heavy (non-hydrogen) atoms. The molecule has 0 saturated carbocycles. The maximum atomic E-state index is 12.9. The van der Waals surface area contributed by atoms with E-state index in [1.54, 1.807) is 12.0 Å². The number of urea groups is 1. The van der Waals surface area contributed by atoms with Gasteiger partial charge in [0.25, 0.3) is 0 Å². The summed E-state index contributed by atoms with van der Waals surface area (Å²) in [6.07, 6.45) is 1.64. The zero-order valence-electron chi connectivity index (χ0n) is 17.0. The van der Waals surface area contributed by atoms with Crippen molar-refractivity contribution < 1.29 is 18.8 Å². The molecule has 0 aliphatic carbocycles. The number of hydrogen-bond acceptors (Lipinski definition) is 6. The Kier molecular flexibility index (Phi) is 5.83. The van der Waals surface area contributed by atoms with Crippen LogP contribution in [0.25, 0.3) is 11.4 Å². The number of carbonyl (C=O) groups is 1. The molecule has 156 valence electrons. The van der Waals surface area contributed by atoms with Crippen LogP contribution in [0.3, 0.4) is 0 Å². The number of rotatable bonds is 6. The quantitative estimate of drug-likeness (QED) is 0.645. The van der Waals surface area contributed by atoms with Crippen LogP contribution in [0.15, 0.2) is 53.1 Å². The number of carbonyl (C=O) groups excluding carboxylic acids is 1. The Balaban J connectivity index is 1.48. The molecule has 8 nitrogen and oxygen atoms in total. The number of likely N-dealkylation sites (tertiary alicyclic amines) is 1. The summed E-state index contributed by atoms with van der Waals surface area (Å²) in [4.78, 5) is 19.1. The molecular formula is C22H24N4O4. The molecule has 0 spiro atoms. The number of hydrogen-bond donors (Lipinski definition) is 1. The van der Waals surface area contributed by atoms with Crippen molar-refractivity contribution in [2.75, 3.05) is 25.6 Å². The number of anilines is 1. The molecule has 1 aliphatic heterocycles. The smallest absolute Gasteiger partial charge is 0.322 e. The van der Waals surface area contributed by atoms with Gasteiger partial charge in [0.15, 0.2) is 0 Å². The fraction of sp³-hybridized carbons (Fsp3) is 0.318. The van der Waals surface area contributed by atoms with Gasteiger partial charge in [0.2, 0.25) is 11.7 Å². The first kappa shape index (κ1) is 19.8. The van der Waals surface area contributed by atoms with E-state index in [-0.39, 0.29) is 12.1 Å². The topological polar surface area (TPSA) is 89.7 Å². The van der Waals surface area contributed by atoms with Crippen molar-refractivity contribution in [1.29, 1.82) is 0 Å². The minimum absolute atomic E-state index is 0.196. The van der Waals surface area contributed by atoms with E-state index in [2.05, 4.69) is 15.5 Å². The highest BCUT2D eigenvalue weighted by molar-refractivity contribution is 5.89. The molecule has 2 amide bonds. The molecule has 0 unspecified atom stereocenters. The van der Waals surface area contributed by atoms with Gasteiger partial charge < -0.3 is 24.2 Å². The Morgan fingerprint density at radius 2 is 2.03 bits per heavy atom. The Morgan fingerprint density at radius 1 is 1.23 bits per heavy atom. The molecule has 4 rings (SSSR count). The van der Waals surface area contributed by atoms with Gasteiger partial charge in [-0.15, -0.1) is 0 Å². The average Bonchev–Trinajstić information content (AvgIpc) is 3.45. The lowest BCUT2D eigenvalue weighted by atomic mass is 10.2. The van der Waals surface area contributed by atoms with Crippen molar-refractivity contribution >= 4 is 11.7 Å². The second kappa shape index (κ2) is 8.86. The van der Waals surface area contributed by atoms with Gasteiger partial charge in [-0.1, -0.05) is 17.3 Å². The van der Waals surface area contributed by atoms with Crippen molar-refractivity contribution in [3.63, 3.8) is 0 Å². The minimum atomic E-state index is -0.261. The van der Waals surface area contributed by atoms with Crippen molar-refractivity contribution in [3.8, 4) is 22.9 Å². The Morgan fingerprint density at radius 3 is 2.80 bits per heavy atom. The monoisotopic (exact) mass is 408 g/mol. The van der Waals surface area contributed by atoms with Crippen molar-refractivity contribution in [1.82, 2.24) is 15.0 Å². The molecule has 1 saturated heterocycles. The zero-order valence-corrected chi connectivity index (χ0v) is 17.0. The molecule has 1 N–H and O–H groups in total. The summed E-state index contributed by atoms with van der Waals surface area (Å²) in [5.41, 5.74) is 1.45. The third kappa shape index (κ3) is 4.07. The molecule has 8 heteroatoms. The van der Waals surface area contributed by atoms with E-state index in [0.29, 0.717) is 36.3 Å². The van der Waals surface area contributed by atoms with E-state index in [4.69, 9.17) is 14.0 Å². The van der Waals surface area contributed by atoms with Crippen molar-refractivity contribution in [3.05, 3.63) is 54.4 Å². The van der Waals surface area contributed by atoms with Crippen LogP contribution >= 0.6 is 0 Å². The van der Waals surface area contributed by atoms with Crippen LogP contribution in [-0.2, 0) is 0 Å². The summed E-state index contributed by atoms with van der Waals surface area (Å²) >= 11 is 0. The van der Waals surface area contributed by atoms with Gasteiger partial charge in [0.05, 0.1) is 19.3 Å². The predicted molar refractivity (Wildman–Crippen MR) is 112 cm³/mol. The summed E-state index contributed by atoms with van der Waals surface area (Å²) in [7, 11) is 1.60. The molecular weight excluding hydrogens is 384 g/mol. The molecule has 1 aliphatic rings. The summed E-state index contributed by atoms with van der Waals surface area (Å²) in [6.45, 7) is 3.15. The van der Waals surface area contributed by atoms with Gasteiger partial charge >= 0.3 is 6.03 Å². The molecule has 0 radical (unpaired) electrons. The molecule has 1 atom stereocenters. The van der Waals surface area contributed by atoms with Gasteiger partial charge in [-0.25, -0.2) is 4.79 Å². The third-order valence-corrected chi connectivity index (χ3v) is 5.00. The molecule has 0 bridgehead atoms. The second-order valence-corrected chi connectivity index (χ2v) is 6.90. The van der Waals surface area contributed by atoms with Gasteiger partial charge in [0, 0.05) is 12.2 Å². The lowest BCUT2D eigenvalue weighted by molar-refractivity contribution is 0.193. The fourth-order valence-electron chi connectivity index (χ4n) is 3.57. The Labute approximate surface area is 174 Å². The standard InChI is InChI=1S/C22H24N4O4/c1-3-29-16-12-10-15(11-13-16)23-22(27)26-14-6-8-18(26)21-24-20(25-30-21)17-7-4-5-9-19(17)28-2/h4-5,7,9-13,18H,3,6,8,14H2,1-2H3,(H,23,27)/t18-/m0/s1. The van der Waals surface area contributed by atoms with Crippen LogP contribution in [0.2, 0.25) is 0 Å². The average molecular weight is 408 g/mol. The first-order valence-electron chi connectivity index (χ1n) is 9.97. The normalized spacial score (nSPS) is 15.8. The molecule has 2 aromatic carbocycles. The van der Waals surface area contributed by atoms with E-state index in [1.807, 2.05) is 55.5 Å². The summed E-state index contributed by atoms with van der Waals surface area (Å²) < 4.78 is 16.3. The van der Waals surface area contributed by atoms with Crippen LogP contribution in [-0.4, -0.2) is 41.3 Å². The highest BCUT2D eigenvalue weighted by Crippen LogP contribution is 2.34. The van der Waals surface area contributed by atoms with Gasteiger partial charge in [-0.3, -0.25) is 0 Å². The number of benzene rings is 2. The predicted octanol–water partition coefficient (Wildman–Crippen LogP) is 4.51.